The maximum atomic E-state index is 5.98. The van der Waals surface area contributed by atoms with Gasteiger partial charge < -0.3 is 15.4 Å². The Morgan fingerprint density at radius 3 is 2.71 bits per heavy atom. The van der Waals surface area contributed by atoms with E-state index in [1.54, 1.807) is 0 Å². The fraction of sp³-hybridized carbons (Fsp3) is 0.706. The highest BCUT2D eigenvalue weighted by Gasteiger charge is 2.26. The van der Waals surface area contributed by atoms with Gasteiger partial charge in [0.25, 0.3) is 0 Å². The van der Waals surface area contributed by atoms with Crippen molar-refractivity contribution in [2.45, 2.75) is 52.5 Å². The largest absolute Gasteiger partial charge is 0.476 e. The Labute approximate surface area is 128 Å². The quantitative estimate of drug-likeness (QED) is 0.898. The number of ether oxygens (including phenoxy) is 1. The van der Waals surface area contributed by atoms with Crippen molar-refractivity contribution in [2.24, 2.45) is 11.8 Å². The molecule has 4 heteroatoms. The van der Waals surface area contributed by atoms with Gasteiger partial charge in [-0.2, -0.15) is 4.98 Å². The molecule has 1 saturated carbocycles. The molecule has 1 aliphatic rings. The van der Waals surface area contributed by atoms with Gasteiger partial charge in [-0.05, 0) is 36.8 Å². The van der Waals surface area contributed by atoms with E-state index in [1.807, 2.05) is 12.1 Å². The predicted molar refractivity (Wildman–Crippen MR) is 88.8 cm³/mol. The summed E-state index contributed by atoms with van der Waals surface area (Å²) in [5.74, 6) is 2.70. The summed E-state index contributed by atoms with van der Waals surface area (Å²) in [7, 11) is 2.14. The standard InChI is InChI=1S/C17H29N3O/c1-12(2)11-21-17-14(18)9-10-16(19-17)20(4)15-8-6-5-7-13(15)3/h9-10,12-13,15H,5-8,11,18H2,1-4H3. The fourth-order valence-corrected chi connectivity index (χ4v) is 3.04. The highest BCUT2D eigenvalue weighted by molar-refractivity contribution is 5.54. The number of hydrogen-bond acceptors (Lipinski definition) is 4. The first-order chi connectivity index (χ1) is 9.99. The lowest BCUT2D eigenvalue weighted by atomic mass is 9.85. The summed E-state index contributed by atoms with van der Waals surface area (Å²) in [6.07, 6.45) is 5.21. The Hall–Kier alpha value is -1.45. The molecule has 2 rings (SSSR count). The average molecular weight is 291 g/mol. The van der Waals surface area contributed by atoms with Crippen molar-refractivity contribution in [3.63, 3.8) is 0 Å². The van der Waals surface area contributed by atoms with Gasteiger partial charge in [0.2, 0.25) is 5.88 Å². The van der Waals surface area contributed by atoms with E-state index in [9.17, 15) is 0 Å². The van der Waals surface area contributed by atoms with Crippen LogP contribution in [0.5, 0.6) is 5.88 Å². The molecule has 0 saturated heterocycles. The molecule has 0 amide bonds. The smallest absolute Gasteiger partial charge is 0.239 e. The van der Waals surface area contributed by atoms with Gasteiger partial charge in [0.05, 0.1) is 12.3 Å². The fourth-order valence-electron chi connectivity index (χ4n) is 3.04. The second-order valence-corrected chi connectivity index (χ2v) is 6.71. The van der Waals surface area contributed by atoms with Gasteiger partial charge in [0.1, 0.15) is 5.82 Å². The number of nitrogens with two attached hydrogens (primary N) is 1. The summed E-state index contributed by atoms with van der Waals surface area (Å²) < 4.78 is 5.74. The number of anilines is 2. The van der Waals surface area contributed by atoms with Crippen molar-refractivity contribution in [1.82, 2.24) is 4.98 Å². The van der Waals surface area contributed by atoms with Crippen molar-refractivity contribution in [1.29, 1.82) is 0 Å². The second kappa shape index (κ2) is 7.01. The number of nitrogens with zero attached hydrogens (tertiary/aromatic N) is 2. The number of rotatable bonds is 5. The number of aromatic nitrogens is 1. The summed E-state index contributed by atoms with van der Waals surface area (Å²) in [5.41, 5.74) is 6.59. The molecule has 0 aromatic carbocycles. The molecule has 1 fully saturated rings. The van der Waals surface area contributed by atoms with Gasteiger partial charge in [-0.1, -0.05) is 33.6 Å². The van der Waals surface area contributed by atoms with Crippen LogP contribution in [0.15, 0.2) is 12.1 Å². The van der Waals surface area contributed by atoms with E-state index in [1.165, 1.54) is 25.7 Å². The number of pyridine rings is 1. The van der Waals surface area contributed by atoms with Crippen LogP contribution >= 0.6 is 0 Å². The lowest BCUT2D eigenvalue weighted by molar-refractivity contribution is 0.262. The topological polar surface area (TPSA) is 51.4 Å². The van der Waals surface area contributed by atoms with Crippen LogP contribution in [0, 0.1) is 11.8 Å². The van der Waals surface area contributed by atoms with E-state index >= 15 is 0 Å². The normalized spacial score (nSPS) is 22.3. The lowest BCUT2D eigenvalue weighted by Crippen LogP contribution is -2.39. The van der Waals surface area contributed by atoms with Crippen LogP contribution in [0.2, 0.25) is 0 Å². The van der Waals surface area contributed by atoms with E-state index in [0.29, 0.717) is 36.1 Å². The van der Waals surface area contributed by atoms with Crippen molar-refractivity contribution in [2.75, 3.05) is 24.3 Å². The minimum atomic E-state index is 0.464. The van der Waals surface area contributed by atoms with Crippen molar-refractivity contribution in [3.8, 4) is 5.88 Å². The van der Waals surface area contributed by atoms with E-state index < -0.39 is 0 Å². The predicted octanol–water partition coefficient (Wildman–Crippen LogP) is 3.71. The molecule has 2 atom stereocenters. The Morgan fingerprint density at radius 2 is 2.05 bits per heavy atom. The minimum Gasteiger partial charge on any atom is -0.476 e. The van der Waals surface area contributed by atoms with E-state index in [2.05, 4.69) is 37.7 Å². The summed E-state index contributed by atoms with van der Waals surface area (Å²) in [6, 6.07) is 4.47. The molecule has 1 aromatic heterocycles. The van der Waals surface area contributed by atoms with Crippen molar-refractivity contribution >= 4 is 11.5 Å². The molecule has 118 valence electrons. The van der Waals surface area contributed by atoms with Crippen LogP contribution in [-0.2, 0) is 0 Å². The average Bonchev–Trinajstić information content (AvgIpc) is 2.46. The zero-order chi connectivity index (χ0) is 15.4. The SMILES string of the molecule is CC(C)COc1nc(N(C)C2CCCCC2C)ccc1N. The molecule has 2 N–H and O–H groups in total. The monoisotopic (exact) mass is 291 g/mol. The van der Waals surface area contributed by atoms with E-state index in [4.69, 9.17) is 10.5 Å². The molecule has 4 nitrogen and oxygen atoms in total. The van der Waals surface area contributed by atoms with Crippen LogP contribution in [0.3, 0.4) is 0 Å². The van der Waals surface area contributed by atoms with Crippen LogP contribution < -0.4 is 15.4 Å². The zero-order valence-corrected chi connectivity index (χ0v) is 13.8. The van der Waals surface area contributed by atoms with Gasteiger partial charge in [-0.3, -0.25) is 0 Å². The maximum Gasteiger partial charge on any atom is 0.239 e. The molecule has 1 heterocycles. The summed E-state index contributed by atoms with van der Waals surface area (Å²) in [6.45, 7) is 7.23. The second-order valence-electron chi connectivity index (χ2n) is 6.71. The molecule has 0 spiro atoms. The Morgan fingerprint density at radius 1 is 1.33 bits per heavy atom. The summed E-state index contributed by atoms with van der Waals surface area (Å²) >= 11 is 0. The highest BCUT2D eigenvalue weighted by Crippen LogP contribution is 2.31. The molecular formula is C17H29N3O. The molecular weight excluding hydrogens is 262 g/mol. The Balaban J connectivity index is 2.13. The highest BCUT2D eigenvalue weighted by atomic mass is 16.5. The first-order valence-corrected chi connectivity index (χ1v) is 8.11. The van der Waals surface area contributed by atoms with Crippen LogP contribution in [-0.4, -0.2) is 24.7 Å². The minimum absolute atomic E-state index is 0.464. The van der Waals surface area contributed by atoms with Gasteiger partial charge in [0, 0.05) is 13.1 Å². The first-order valence-electron chi connectivity index (χ1n) is 8.11. The lowest BCUT2D eigenvalue weighted by Gasteiger charge is -2.37. The van der Waals surface area contributed by atoms with Gasteiger partial charge >= 0.3 is 0 Å². The molecule has 0 aliphatic heterocycles. The van der Waals surface area contributed by atoms with Crippen molar-refractivity contribution in [3.05, 3.63) is 12.1 Å². The van der Waals surface area contributed by atoms with E-state index in [0.717, 1.165) is 5.82 Å². The van der Waals surface area contributed by atoms with Gasteiger partial charge in [-0.25, -0.2) is 0 Å². The molecule has 1 aromatic rings. The van der Waals surface area contributed by atoms with E-state index in [-0.39, 0.29) is 0 Å². The molecule has 0 radical (unpaired) electrons. The van der Waals surface area contributed by atoms with Crippen LogP contribution in [0.1, 0.15) is 46.5 Å². The van der Waals surface area contributed by atoms with Crippen LogP contribution in [0.4, 0.5) is 11.5 Å². The molecule has 2 unspecified atom stereocenters. The Kier molecular flexibility index (Phi) is 5.32. The van der Waals surface area contributed by atoms with Gasteiger partial charge in [-0.15, -0.1) is 0 Å². The Bertz CT molecular complexity index is 461. The maximum absolute atomic E-state index is 5.98. The zero-order valence-electron chi connectivity index (χ0n) is 13.8. The van der Waals surface area contributed by atoms with Crippen molar-refractivity contribution < 1.29 is 4.74 Å². The third-order valence-corrected chi connectivity index (χ3v) is 4.35. The van der Waals surface area contributed by atoms with Gasteiger partial charge in [0.15, 0.2) is 0 Å². The molecule has 0 bridgehead atoms. The summed E-state index contributed by atoms with van der Waals surface area (Å²) in [5, 5.41) is 0. The summed E-state index contributed by atoms with van der Waals surface area (Å²) in [4.78, 5) is 6.93. The van der Waals surface area contributed by atoms with Crippen LogP contribution in [0.25, 0.3) is 0 Å². The number of nitrogen functional groups attached to an aromatic ring is 1. The molecule has 1 aliphatic carbocycles. The first kappa shape index (κ1) is 15.9. The number of hydrogen-bond donors (Lipinski definition) is 1. The third kappa shape index (κ3) is 4.02. The molecule has 21 heavy (non-hydrogen) atoms. The third-order valence-electron chi connectivity index (χ3n) is 4.35.